The summed E-state index contributed by atoms with van der Waals surface area (Å²) in [6.45, 7) is 9.18. The van der Waals surface area contributed by atoms with Gasteiger partial charge >= 0.3 is 0 Å². The molecule has 1 unspecified atom stereocenters. The molecular weight excluding hydrogens is 418 g/mol. The molecular formula is C26H31N3O2S. The number of nitriles is 1. The van der Waals surface area contributed by atoms with Gasteiger partial charge in [-0.15, -0.1) is 0 Å². The van der Waals surface area contributed by atoms with E-state index in [0.717, 1.165) is 42.9 Å². The average molecular weight is 450 g/mol. The van der Waals surface area contributed by atoms with Gasteiger partial charge in [0.2, 0.25) is 0 Å². The van der Waals surface area contributed by atoms with Gasteiger partial charge < -0.3 is 4.90 Å². The molecule has 2 heterocycles. The molecule has 0 bridgehead atoms. The third-order valence-corrected chi connectivity index (χ3v) is 7.29. The van der Waals surface area contributed by atoms with Crippen LogP contribution in [0.25, 0.3) is 0 Å². The van der Waals surface area contributed by atoms with Gasteiger partial charge in [-0.25, -0.2) is 0 Å². The maximum Gasteiger partial charge on any atom is 0.271 e. The summed E-state index contributed by atoms with van der Waals surface area (Å²) in [5.74, 6) is -0.522. The van der Waals surface area contributed by atoms with Crippen molar-refractivity contribution in [3.8, 4) is 6.07 Å². The lowest BCUT2D eigenvalue weighted by Crippen LogP contribution is -2.45. The van der Waals surface area contributed by atoms with Gasteiger partial charge in [0.25, 0.3) is 11.8 Å². The molecule has 2 amide bonds. The maximum absolute atomic E-state index is 13.4. The second-order valence-corrected chi connectivity index (χ2v) is 9.21. The second kappa shape index (κ2) is 10.7. The summed E-state index contributed by atoms with van der Waals surface area (Å²) in [5.41, 5.74) is 2.10. The smallest absolute Gasteiger partial charge is 0.271 e. The Balaban J connectivity index is 1.94. The molecule has 0 fully saturated rings. The van der Waals surface area contributed by atoms with E-state index in [1.54, 1.807) is 24.8 Å². The Morgan fingerprint density at radius 2 is 1.84 bits per heavy atom. The minimum Gasteiger partial charge on any atom is -0.335 e. The first-order chi connectivity index (χ1) is 15.5. The number of unbranched alkanes of at least 4 members (excludes halogenated alkanes) is 1. The Kier molecular flexibility index (Phi) is 7.98. The number of benzene rings is 1. The topological polar surface area (TPSA) is 64.4 Å². The lowest BCUT2D eigenvalue weighted by Gasteiger charge is -2.30. The molecule has 0 saturated carbocycles. The van der Waals surface area contributed by atoms with Crippen LogP contribution in [0.2, 0.25) is 0 Å². The first kappa shape index (κ1) is 23.9. The number of fused-ring (bicyclic) bond motifs is 1. The van der Waals surface area contributed by atoms with Crippen molar-refractivity contribution < 1.29 is 9.59 Å². The zero-order chi connectivity index (χ0) is 23.3. The number of thioether (sulfide) groups is 1. The van der Waals surface area contributed by atoms with Gasteiger partial charge in [0.15, 0.2) is 0 Å². The number of carbonyl (C=O) groups excluding carboxylic acids is 2. The summed E-state index contributed by atoms with van der Waals surface area (Å²) in [6.07, 6.45) is 7.71. The van der Waals surface area contributed by atoms with Gasteiger partial charge in [-0.2, -0.15) is 5.26 Å². The SMILES string of the molecule is CCCCC(CC)CN1C(=O)C(C#N)=C(C)/C(=C/C=C2/Sc3ccccc3N2CC)C1=O. The number of carbonyl (C=O) groups is 2. The largest absolute Gasteiger partial charge is 0.335 e. The van der Waals surface area contributed by atoms with Crippen LogP contribution >= 0.6 is 11.8 Å². The van der Waals surface area contributed by atoms with Crippen LogP contribution in [0, 0.1) is 17.2 Å². The Hall–Kier alpha value is -2.78. The molecule has 2 aliphatic heterocycles. The Morgan fingerprint density at radius 1 is 1.09 bits per heavy atom. The number of hydrogen-bond acceptors (Lipinski definition) is 5. The molecule has 2 aliphatic rings. The highest BCUT2D eigenvalue weighted by Crippen LogP contribution is 2.45. The number of para-hydroxylation sites is 1. The summed E-state index contributed by atoms with van der Waals surface area (Å²) in [4.78, 5) is 30.9. The number of amides is 2. The normalized spacial score (nSPS) is 19.7. The highest BCUT2D eigenvalue weighted by Gasteiger charge is 2.36. The predicted octanol–water partition coefficient (Wildman–Crippen LogP) is 5.81. The molecule has 0 aliphatic carbocycles. The number of hydrogen-bond donors (Lipinski definition) is 0. The first-order valence-corrected chi connectivity index (χ1v) is 12.2. The van der Waals surface area contributed by atoms with Crippen molar-refractivity contribution in [2.24, 2.45) is 5.92 Å². The lowest BCUT2D eigenvalue weighted by atomic mass is 9.92. The van der Waals surface area contributed by atoms with Gasteiger partial charge in [-0.1, -0.05) is 57.0 Å². The molecule has 0 saturated heterocycles. The Bertz CT molecular complexity index is 1030. The summed E-state index contributed by atoms with van der Waals surface area (Å²) < 4.78 is 0. The molecule has 1 aromatic rings. The van der Waals surface area contributed by atoms with Crippen molar-refractivity contribution in [3.05, 3.63) is 58.2 Å². The average Bonchev–Trinajstić information content (AvgIpc) is 3.16. The van der Waals surface area contributed by atoms with Crippen LogP contribution in [0.5, 0.6) is 0 Å². The third-order valence-electron chi connectivity index (χ3n) is 6.15. The molecule has 0 radical (unpaired) electrons. The zero-order valence-electron chi connectivity index (χ0n) is 19.4. The maximum atomic E-state index is 13.4. The van der Waals surface area contributed by atoms with Crippen LogP contribution in [-0.2, 0) is 9.59 Å². The van der Waals surface area contributed by atoms with E-state index in [9.17, 15) is 14.9 Å². The predicted molar refractivity (Wildman–Crippen MR) is 130 cm³/mol. The van der Waals surface area contributed by atoms with Crippen molar-refractivity contribution in [2.75, 3.05) is 18.0 Å². The number of anilines is 1. The molecule has 168 valence electrons. The van der Waals surface area contributed by atoms with E-state index in [0.29, 0.717) is 17.7 Å². The van der Waals surface area contributed by atoms with Gasteiger partial charge in [0.1, 0.15) is 11.6 Å². The highest BCUT2D eigenvalue weighted by molar-refractivity contribution is 8.03. The van der Waals surface area contributed by atoms with E-state index in [1.165, 1.54) is 9.80 Å². The standard InChI is InChI=1S/C26H31N3O2S/c1-5-8-11-19(6-2)17-29-25(30)20(18(4)21(16-27)26(29)31)14-15-24-28(7-3)22-12-9-10-13-23(22)32-24/h9-10,12-15,19H,5-8,11,17H2,1-4H3/b20-14-,24-15+. The van der Waals surface area contributed by atoms with E-state index in [1.807, 2.05) is 24.3 Å². The van der Waals surface area contributed by atoms with Gasteiger partial charge in [-0.3, -0.25) is 14.5 Å². The third kappa shape index (κ3) is 4.68. The van der Waals surface area contributed by atoms with Crippen molar-refractivity contribution >= 4 is 29.3 Å². The molecule has 0 N–H and O–H groups in total. The minimum atomic E-state index is -0.465. The fourth-order valence-corrected chi connectivity index (χ4v) is 5.28. The monoisotopic (exact) mass is 449 g/mol. The zero-order valence-corrected chi connectivity index (χ0v) is 20.2. The quantitative estimate of drug-likeness (QED) is 0.370. The summed E-state index contributed by atoms with van der Waals surface area (Å²) in [7, 11) is 0. The van der Waals surface area contributed by atoms with Crippen LogP contribution < -0.4 is 4.90 Å². The molecule has 0 aromatic heterocycles. The van der Waals surface area contributed by atoms with E-state index in [2.05, 4.69) is 37.8 Å². The Labute approximate surface area is 195 Å². The van der Waals surface area contributed by atoms with E-state index >= 15 is 0 Å². The van der Waals surface area contributed by atoms with Crippen LogP contribution in [0.3, 0.4) is 0 Å². The summed E-state index contributed by atoms with van der Waals surface area (Å²) >= 11 is 1.66. The Morgan fingerprint density at radius 3 is 2.50 bits per heavy atom. The molecule has 0 spiro atoms. The van der Waals surface area contributed by atoms with Crippen LogP contribution in [0.4, 0.5) is 5.69 Å². The van der Waals surface area contributed by atoms with E-state index in [-0.39, 0.29) is 17.4 Å². The van der Waals surface area contributed by atoms with Crippen molar-refractivity contribution in [3.63, 3.8) is 0 Å². The molecule has 1 atom stereocenters. The van der Waals surface area contributed by atoms with Crippen molar-refractivity contribution in [2.45, 2.75) is 58.3 Å². The highest BCUT2D eigenvalue weighted by atomic mass is 32.2. The second-order valence-electron chi connectivity index (χ2n) is 8.15. The molecule has 32 heavy (non-hydrogen) atoms. The van der Waals surface area contributed by atoms with Gasteiger partial charge in [0.05, 0.1) is 10.7 Å². The lowest BCUT2D eigenvalue weighted by molar-refractivity contribution is -0.141. The fourth-order valence-electron chi connectivity index (χ4n) is 4.16. The van der Waals surface area contributed by atoms with Gasteiger partial charge in [0, 0.05) is 23.6 Å². The molecule has 6 heteroatoms. The number of nitrogens with zero attached hydrogens (tertiary/aromatic N) is 3. The first-order valence-electron chi connectivity index (χ1n) is 11.4. The van der Waals surface area contributed by atoms with Crippen LogP contribution in [0.15, 0.2) is 63.1 Å². The molecule has 1 aromatic carbocycles. The van der Waals surface area contributed by atoms with E-state index < -0.39 is 5.91 Å². The summed E-state index contributed by atoms with van der Waals surface area (Å²) in [6, 6.07) is 10.3. The van der Waals surface area contributed by atoms with Crippen LogP contribution in [-0.4, -0.2) is 29.8 Å². The van der Waals surface area contributed by atoms with Crippen molar-refractivity contribution in [1.82, 2.24) is 4.90 Å². The molecule has 5 nitrogen and oxygen atoms in total. The fraction of sp³-hybridized carbons (Fsp3) is 0.423. The van der Waals surface area contributed by atoms with Crippen LogP contribution in [0.1, 0.15) is 53.4 Å². The van der Waals surface area contributed by atoms with E-state index in [4.69, 9.17) is 0 Å². The molecule has 3 rings (SSSR count). The number of rotatable bonds is 8. The van der Waals surface area contributed by atoms with Gasteiger partial charge in [-0.05, 0) is 56.0 Å². The number of imide groups is 1. The number of allylic oxidation sites excluding steroid dienone is 2. The minimum absolute atomic E-state index is 0.0642. The van der Waals surface area contributed by atoms with Crippen molar-refractivity contribution in [1.29, 1.82) is 5.26 Å². The summed E-state index contributed by atoms with van der Waals surface area (Å²) in [5, 5.41) is 10.7.